The number of nitrogens with one attached hydrogen (secondary N) is 2. The van der Waals surface area contributed by atoms with Crippen LogP contribution >= 0.6 is 0 Å². The highest BCUT2D eigenvalue weighted by Gasteiger charge is 2.35. The first kappa shape index (κ1) is 22.3. The second kappa shape index (κ2) is 10.6. The predicted molar refractivity (Wildman–Crippen MR) is 115 cm³/mol. The van der Waals surface area contributed by atoms with Crippen LogP contribution in [0.15, 0.2) is 23.2 Å². The van der Waals surface area contributed by atoms with Gasteiger partial charge >= 0.3 is 0 Å². The van der Waals surface area contributed by atoms with E-state index in [4.69, 9.17) is 14.2 Å². The zero-order valence-corrected chi connectivity index (χ0v) is 18.3. The molecule has 1 aliphatic rings. The number of nitrogens with zero attached hydrogens (tertiary/aromatic N) is 1. The van der Waals surface area contributed by atoms with Gasteiger partial charge < -0.3 is 24.8 Å². The minimum absolute atomic E-state index is 0.145. The summed E-state index contributed by atoms with van der Waals surface area (Å²) in [5.41, 5.74) is 1.25. The number of hydrogen-bond acceptors (Lipinski definition) is 4. The topological polar surface area (TPSA) is 64.1 Å². The summed E-state index contributed by atoms with van der Waals surface area (Å²) >= 11 is 0. The van der Waals surface area contributed by atoms with Crippen LogP contribution in [-0.2, 0) is 11.2 Å². The van der Waals surface area contributed by atoms with Gasteiger partial charge in [-0.25, -0.2) is 0 Å². The monoisotopic (exact) mass is 391 g/mol. The summed E-state index contributed by atoms with van der Waals surface area (Å²) in [7, 11) is 5.17. The third-order valence-corrected chi connectivity index (χ3v) is 5.23. The number of methoxy groups -OCH3 is 2. The predicted octanol–water partition coefficient (Wildman–Crippen LogP) is 3.25. The van der Waals surface area contributed by atoms with E-state index in [-0.39, 0.29) is 11.5 Å². The number of rotatable bonds is 7. The molecule has 6 nitrogen and oxygen atoms in total. The van der Waals surface area contributed by atoms with Crippen molar-refractivity contribution in [1.82, 2.24) is 10.6 Å². The molecule has 1 aromatic carbocycles. The Morgan fingerprint density at radius 3 is 2.64 bits per heavy atom. The molecule has 0 amide bonds. The van der Waals surface area contributed by atoms with Gasteiger partial charge in [0, 0.05) is 32.7 Å². The lowest BCUT2D eigenvalue weighted by molar-refractivity contribution is -0.0835. The maximum Gasteiger partial charge on any atom is 0.190 e. The molecule has 158 valence electrons. The highest BCUT2D eigenvalue weighted by atomic mass is 16.5. The summed E-state index contributed by atoms with van der Waals surface area (Å²) in [4.78, 5) is 4.36. The number of aliphatic imine (C=N–C) groups is 1. The van der Waals surface area contributed by atoms with Gasteiger partial charge in [0.15, 0.2) is 5.96 Å². The first-order valence-electron chi connectivity index (χ1n) is 10.2. The minimum atomic E-state index is 0.145. The molecule has 0 spiro atoms. The van der Waals surface area contributed by atoms with Gasteiger partial charge in [0.25, 0.3) is 0 Å². The Morgan fingerprint density at radius 2 is 2.00 bits per heavy atom. The summed E-state index contributed by atoms with van der Waals surface area (Å²) in [6, 6.07) is 5.87. The molecule has 0 radical (unpaired) electrons. The van der Waals surface area contributed by atoms with Crippen molar-refractivity contribution in [3.05, 3.63) is 23.8 Å². The first-order chi connectivity index (χ1) is 13.4. The second-order valence-corrected chi connectivity index (χ2v) is 8.37. The molecule has 6 heteroatoms. The van der Waals surface area contributed by atoms with E-state index in [0.29, 0.717) is 5.92 Å². The van der Waals surface area contributed by atoms with Crippen molar-refractivity contribution in [3.63, 3.8) is 0 Å². The van der Waals surface area contributed by atoms with Crippen LogP contribution in [0, 0.1) is 11.3 Å². The summed E-state index contributed by atoms with van der Waals surface area (Å²) in [5, 5.41) is 6.88. The van der Waals surface area contributed by atoms with Gasteiger partial charge in [-0.1, -0.05) is 20.8 Å². The molecule has 2 atom stereocenters. The van der Waals surface area contributed by atoms with Crippen LogP contribution in [0.2, 0.25) is 0 Å². The zero-order valence-electron chi connectivity index (χ0n) is 18.3. The summed E-state index contributed by atoms with van der Waals surface area (Å²) in [5.74, 6) is 3.02. The van der Waals surface area contributed by atoms with Crippen LogP contribution in [-0.4, -0.2) is 53.0 Å². The number of ether oxygens (including phenoxy) is 3. The van der Waals surface area contributed by atoms with Gasteiger partial charge in [0.2, 0.25) is 0 Å². The van der Waals surface area contributed by atoms with Crippen molar-refractivity contribution in [2.45, 2.75) is 46.1 Å². The van der Waals surface area contributed by atoms with E-state index in [1.54, 1.807) is 21.3 Å². The Balaban J connectivity index is 1.86. The van der Waals surface area contributed by atoms with Gasteiger partial charge in [-0.05, 0) is 48.4 Å². The Bertz CT molecular complexity index is 640. The fourth-order valence-corrected chi connectivity index (χ4v) is 3.85. The maximum atomic E-state index is 6.08. The van der Waals surface area contributed by atoms with E-state index in [0.717, 1.165) is 55.6 Å². The highest BCUT2D eigenvalue weighted by molar-refractivity contribution is 5.79. The Labute approximate surface area is 170 Å². The molecule has 0 bridgehead atoms. The van der Waals surface area contributed by atoms with E-state index in [1.165, 1.54) is 6.42 Å². The lowest BCUT2D eigenvalue weighted by Crippen LogP contribution is -2.47. The van der Waals surface area contributed by atoms with E-state index < -0.39 is 0 Å². The van der Waals surface area contributed by atoms with Crippen molar-refractivity contribution in [2.24, 2.45) is 16.3 Å². The van der Waals surface area contributed by atoms with E-state index in [2.05, 4.69) is 36.4 Å². The van der Waals surface area contributed by atoms with Crippen molar-refractivity contribution < 1.29 is 14.2 Å². The third kappa shape index (κ3) is 6.30. The van der Waals surface area contributed by atoms with Gasteiger partial charge in [0.1, 0.15) is 11.5 Å². The Morgan fingerprint density at radius 1 is 1.21 bits per heavy atom. The molecule has 0 saturated carbocycles. The molecule has 1 heterocycles. The summed E-state index contributed by atoms with van der Waals surface area (Å²) in [6.45, 7) is 9.25. The van der Waals surface area contributed by atoms with Crippen molar-refractivity contribution in [3.8, 4) is 11.5 Å². The largest absolute Gasteiger partial charge is 0.497 e. The van der Waals surface area contributed by atoms with Gasteiger partial charge in [-0.2, -0.15) is 0 Å². The first-order valence-corrected chi connectivity index (χ1v) is 10.2. The normalized spacial score (nSPS) is 20.6. The lowest BCUT2D eigenvalue weighted by atomic mass is 9.78. The molecule has 2 N–H and O–H groups in total. The van der Waals surface area contributed by atoms with Crippen LogP contribution in [0.4, 0.5) is 0 Å². The van der Waals surface area contributed by atoms with Crippen LogP contribution in [0.1, 0.15) is 39.2 Å². The molecular weight excluding hydrogens is 354 g/mol. The standard InChI is InChI=1S/C22H37N3O3/c1-22(2,3)20-17(8-7-13-28-20)15-25-21(23-4)24-12-11-16-14-18(26-5)9-10-19(16)27-6/h9-10,14,17,20H,7-8,11-13,15H2,1-6H3,(H2,23,24,25). The fourth-order valence-electron chi connectivity index (χ4n) is 3.85. The van der Waals surface area contributed by atoms with Gasteiger partial charge in [-0.3, -0.25) is 4.99 Å². The minimum Gasteiger partial charge on any atom is -0.497 e. The van der Waals surface area contributed by atoms with Crippen LogP contribution in [0.25, 0.3) is 0 Å². The Kier molecular flexibility index (Phi) is 8.42. The molecular formula is C22H37N3O3. The molecule has 28 heavy (non-hydrogen) atoms. The fraction of sp³-hybridized carbons (Fsp3) is 0.682. The average Bonchev–Trinajstić information content (AvgIpc) is 2.69. The van der Waals surface area contributed by atoms with Crippen LogP contribution in [0.3, 0.4) is 0 Å². The van der Waals surface area contributed by atoms with E-state index in [1.807, 2.05) is 18.2 Å². The smallest absolute Gasteiger partial charge is 0.190 e. The van der Waals surface area contributed by atoms with E-state index >= 15 is 0 Å². The molecule has 1 aromatic rings. The molecule has 2 rings (SSSR count). The molecule has 2 unspecified atom stereocenters. The number of hydrogen-bond donors (Lipinski definition) is 2. The van der Waals surface area contributed by atoms with Crippen LogP contribution in [0.5, 0.6) is 11.5 Å². The molecule has 1 fully saturated rings. The summed E-state index contributed by atoms with van der Waals surface area (Å²) in [6.07, 6.45) is 3.40. The molecule has 1 saturated heterocycles. The summed E-state index contributed by atoms with van der Waals surface area (Å²) < 4.78 is 16.9. The lowest BCUT2D eigenvalue weighted by Gasteiger charge is -2.40. The van der Waals surface area contributed by atoms with E-state index in [9.17, 15) is 0 Å². The van der Waals surface area contributed by atoms with Gasteiger partial charge in [-0.15, -0.1) is 0 Å². The van der Waals surface area contributed by atoms with Crippen molar-refractivity contribution in [2.75, 3.05) is 41.0 Å². The maximum absolute atomic E-state index is 6.08. The van der Waals surface area contributed by atoms with Gasteiger partial charge in [0.05, 0.1) is 20.3 Å². The zero-order chi connectivity index (χ0) is 20.6. The average molecular weight is 392 g/mol. The molecule has 1 aliphatic heterocycles. The van der Waals surface area contributed by atoms with Crippen LogP contribution < -0.4 is 20.1 Å². The highest BCUT2D eigenvalue weighted by Crippen LogP contribution is 2.33. The van der Waals surface area contributed by atoms with Crippen molar-refractivity contribution >= 4 is 5.96 Å². The SMILES string of the molecule is CN=C(NCCc1cc(OC)ccc1OC)NCC1CCCOC1C(C)(C)C. The van der Waals surface area contributed by atoms with Crippen molar-refractivity contribution in [1.29, 1.82) is 0 Å². The number of guanidine groups is 1. The molecule has 0 aliphatic carbocycles. The second-order valence-electron chi connectivity index (χ2n) is 8.37. The molecule has 0 aromatic heterocycles. The third-order valence-electron chi connectivity index (χ3n) is 5.23. The number of benzene rings is 1. The Hall–Kier alpha value is -1.95. The quantitative estimate of drug-likeness (QED) is 0.552.